The third kappa shape index (κ3) is 8.19. The summed E-state index contributed by atoms with van der Waals surface area (Å²) in [6, 6.07) is 0. The number of thiocarbonyl (C=S) groups is 1. The predicted molar refractivity (Wildman–Crippen MR) is 60.7 cm³/mol. The minimum Gasteiger partial charge on any atom is -0.0897 e. The van der Waals surface area contributed by atoms with E-state index in [1.807, 2.05) is 0 Å². The van der Waals surface area contributed by atoms with Crippen molar-refractivity contribution in [3.63, 3.8) is 0 Å². The summed E-state index contributed by atoms with van der Waals surface area (Å²) in [5.74, 6) is 1.56. The lowest BCUT2D eigenvalue weighted by atomic mass is 10.0. The first kappa shape index (κ1) is 12.1. The van der Waals surface area contributed by atoms with Gasteiger partial charge in [0.25, 0.3) is 0 Å². The van der Waals surface area contributed by atoms with Crippen LogP contribution in [0.25, 0.3) is 0 Å². The van der Waals surface area contributed by atoms with Gasteiger partial charge in [0.05, 0.1) is 0 Å². The zero-order valence-electron chi connectivity index (χ0n) is 8.89. The van der Waals surface area contributed by atoms with Crippen molar-refractivity contribution in [3.8, 4) is 0 Å². The molecule has 0 aliphatic heterocycles. The molecule has 0 heterocycles. The summed E-state index contributed by atoms with van der Waals surface area (Å²) < 4.78 is 0. The highest BCUT2D eigenvalue weighted by atomic mass is 32.1. The molecule has 0 saturated heterocycles. The lowest BCUT2D eigenvalue weighted by Crippen LogP contribution is -2.00. The van der Waals surface area contributed by atoms with E-state index in [2.05, 4.69) is 27.7 Å². The van der Waals surface area contributed by atoms with E-state index >= 15 is 0 Å². The first-order valence-electron chi connectivity index (χ1n) is 5.04. The Morgan fingerprint density at radius 1 is 1.08 bits per heavy atom. The van der Waals surface area contributed by atoms with Crippen LogP contribution >= 0.6 is 12.2 Å². The molecule has 0 aliphatic carbocycles. The van der Waals surface area contributed by atoms with Crippen molar-refractivity contribution in [1.29, 1.82) is 0 Å². The monoisotopic (exact) mass is 186 g/mol. The Labute approximate surface area is 82.7 Å². The van der Waals surface area contributed by atoms with Gasteiger partial charge in [-0.05, 0) is 36.0 Å². The Bertz CT molecular complexity index is 125. The lowest BCUT2D eigenvalue weighted by molar-refractivity contribution is 0.562. The number of hydrogen-bond donors (Lipinski definition) is 0. The van der Waals surface area contributed by atoms with Gasteiger partial charge in [0.15, 0.2) is 0 Å². The first-order valence-corrected chi connectivity index (χ1v) is 5.45. The van der Waals surface area contributed by atoms with Gasteiger partial charge >= 0.3 is 0 Å². The summed E-state index contributed by atoms with van der Waals surface area (Å²) in [7, 11) is 0. The molecule has 72 valence electrons. The SMILES string of the molecule is CC(C)CCCC(=S)CC(C)C. The predicted octanol–water partition coefficient (Wildman–Crippen LogP) is 4.23. The Balaban J connectivity index is 3.32. The topological polar surface area (TPSA) is 0 Å². The molecular formula is C11H22S. The maximum Gasteiger partial charge on any atom is -0.00690 e. The van der Waals surface area contributed by atoms with Crippen molar-refractivity contribution < 1.29 is 0 Å². The zero-order chi connectivity index (χ0) is 9.56. The van der Waals surface area contributed by atoms with Gasteiger partial charge in [0.2, 0.25) is 0 Å². The third-order valence-electron chi connectivity index (χ3n) is 1.87. The van der Waals surface area contributed by atoms with Crippen molar-refractivity contribution in [2.45, 2.75) is 53.4 Å². The average molecular weight is 186 g/mol. The summed E-state index contributed by atoms with van der Waals surface area (Å²) in [6.07, 6.45) is 4.89. The van der Waals surface area contributed by atoms with Crippen LogP contribution in [0.1, 0.15) is 53.4 Å². The van der Waals surface area contributed by atoms with E-state index in [-0.39, 0.29) is 0 Å². The van der Waals surface area contributed by atoms with Gasteiger partial charge in [-0.3, -0.25) is 0 Å². The number of hydrogen-bond acceptors (Lipinski definition) is 1. The molecule has 0 fully saturated rings. The van der Waals surface area contributed by atoms with E-state index in [0.29, 0.717) is 0 Å². The molecule has 12 heavy (non-hydrogen) atoms. The second kappa shape index (κ2) is 6.59. The molecule has 0 nitrogen and oxygen atoms in total. The van der Waals surface area contributed by atoms with Crippen molar-refractivity contribution in [3.05, 3.63) is 0 Å². The zero-order valence-corrected chi connectivity index (χ0v) is 9.71. The standard InChI is InChI=1S/C11H22S/c1-9(2)6-5-7-11(12)8-10(3)4/h9-10H,5-8H2,1-4H3. The highest BCUT2D eigenvalue weighted by Gasteiger charge is 2.01. The van der Waals surface area contributed by atoms with Crippen LogP contribution in [0.2, 0.25) is 0 Å². The molecule has 0 amide bonds. The molecule has 0 bridgehead atoms. The smallest absolute Gasteiger partial charge is 0.00690 e. The molecule has 0 rings (SSSR count). The third-order valence-corrected chi connectivity index (χ3v) is 2.24. The second-order valence-electron chi connectivity index (χ2n) is 4.42. The van der Waals surface area contributed by atoms with Crippen LogP contribution in [0.5, 0.6) is 0 Å². The van der Waals surface area contributed by atoms with Gasteiger partial charge in [-0.1, -0.05) is 46.3 Å². The largest absolute Gasteiger partial charge is 0.0897 e. The van der Waals surface area contributed by atoms with Gasteiger partial charge in [-0.15, -0.1) is 0 Å². The highest BCUT2D eigenvalue weighted by molar-refractivity contribution is 7.80. The van der Waals surface area contributed by atoms with Crippen LogP contribution in [0.15, 0.2) is 0 Å². The van der Waals surface area contributed by atoms with Crippen LogP contribution < -0.4 is 0 Å². The van der Waals surface area contributed by atoms with Gasteiger partial charge in [0, 0.05) is 0 Å². The highest BCUT2D eigenvalue weighted by Crippen LogP contribution is 2.11. The lowest BCUT2D eigenvalue weighted by Gasteiger charge is -2.07. The minimum absolute atomic E-state index is 0.733. The average Bonchev–Trinajstić information content (AvgIpc) is 1.84. The summed E-state index contributed by atoms with van der Waals surface area (Å²) >= 11 is 5.28. The van der Waals surface area contributed by atoms with E-state index in [9.17, 15) is 0 Å². The number of rotatable bonds is 6. The Hall–Kier alpha value is 0.0900. The molecule has 0 aromatic rings. The van der Waals surface area contributed by atoms with Gasteiger partial charge < -0.3 is 0 Å². The van der Waals surface area contributed by atoms with E-state index in [1.165, 1.54) is 17.7 Å². The minimum atomic E-state index is 0.733. The fourth-order valence-electron chi connectivity index (χ4n) is 1.26. The Kier molecular flexibility index (Phi) is 6.64. The molecule has 0 aromatic carbocycles. The Morgan fingerprint density at radius 2 is 1.67 bits per heavy atom. The van der Waals surface area contributed by atoms with Gasteiger partial charge in [0.1, 0.15) is 0 Å². The van der Waals surface area contributed by atoms with Crippen LogP contribution in [-0.4, -0.2) is 4.86 Å². The summed E-state index contributed by atoms with van der Waals surface area (Å²) in [6.45, 7) is 9.00. The van der Waals surface area contributed by atoms with E-state index < -0.39 is 0 Å². The molecule has 0 unspecified atom stereocenters. The van der Waals surface area contributed by atoms with Crippen LogP contribution in [0.4, 0.5) is 0 Å². The fourth-order valence-corrected chi connectivity index (χ4v) is 1.74. The molecule has 0 spiro atoms. The molecule has 0 N–H and O–H groups in total. The van der Waals surface area contributed by atoms with Gasteiger partial charge in [-0.25, -0.2) is 0 Å². The summed E-state index contributed by atoms with van der Waals surface area (Å²) in [5, 5.41) is 0. The molecule has 0 atom stereocenters. The molecule has 0 aliphatic rings. The van der Waals surface area contributed by atoms with Crippen molar-refractivity contribution in [1.82, 2.24) is 0 Å². The maximum absolute atomic E-state index is 5.28. The van der Waals surface area contributed by atoms with Crippen LogP contribution in [0.3, 0.4) is 0 Å². The molecular weight excluding hydrogens is 164 g/mol. The van der Waals surface area contributed by atoms with Gasteiger partial charge in [-0.2, -0.15) is 0 Å². The van der Waals surface area contributed by atoms with Crippen molar-refractivity contribution >= 4 is 17.1 Å². The van der Waals surface area contributed by atoms with Crippen LogP contribution in [-0.2, 0) is 0 Å². The fraction of sp³-hybridized carbons (Fsp3) is 0.909. The normalized spacial score (nSPS) is 11.2. The first-order chi connectivity index (χ1) is 5.52. The summed E-state index contributed by atoms with van der Waals surface area (Å²) in [5.41, 5.74) is 0. The quantitative estimate of drug-likeness (QED) is 0.559. The molecule has 1 heteroatoms. The van der Waals surface area contributed by atoms with Crippen LogP contribution in [0, 0.1) is 11.8 Å². The molecule has 0 aromatic heterocycles. The van der Waals surface area contributed by atoms with Crippen molar-refractivity contribution in [2.75, 3.05) is 0 Å². The Morgan fingerprint density at radius 3 is 2.08 bits per heavy atom. The summed E-state index contributed by atoms with van der Waals surface area (Å²) in [4.78, 5) is 1.27. The van der Waals surface area contributed by atoms with E-state index in [1.54, 1.807) is 0 Å². The van der Waals surface area contributed by atoms with E-state index in [0.717, 1.165) is 24.7 Å². The van der Waals surface area contributed by atoms with Crippen molar-refractivity contribution in [2.24, 2.45) is 11.8 Å². The second-order valence-corrected chi connectivity index (χ2v) is 5.00. The molecule has 0 saturated carbocycles. The van der Waals surface area contributed by atoms with E-state index in [4.69, 9.17) is 12.2 Å². The molecule has 0 radical (unpaired) electrons. The maximum atomic E-state index is 5.28.